The summed E-state index contributed by atoms with van der Waals surface area (Å²) in [5.74, 6) is -0.624. The van der Waals surface area contributed by atoms with Gasteiger partial charge in [-0.2, -0.15) is 0 Å². The maximum Gasteiger partial charge on any atom is 0.316 e. The van der Waals surface area contributed by atoms with Crippen LogP contribution < -0.4 is 0 Å². The van der Waals surface area contributed by atoms with Crippen LogP contribution in [0.2, 0.25) is 5.02 Å². The summed E-state index contributed by atoms with van der Waals surface area (Å²) in [6.45, 7) is -0.358. The Balaban J connectivity index is 1.36. The average Bonchev–Trinajstić information content (AvgIpc) is 3.41. The van der Waals surface area contributed by atoms with E-state index in [1.54, 1.807) is 4.90 Å². The number of hydrogen-bond acceptors (Lipinski definition) is 6. The summed E-state index contributed by atoms with van der Waals surface area (Å²) in [6.07, 6.45) is 4.24. The second-order valence-corrected chi connectivity index (χ2v) is 12.0. The summed E-state index contributed by atoms with van der Waals surface area (Å²) < 4.78 is 29.2. The van der Waals surface area contributed by atoms with Crippen LogP contribution in [0.3, 0.4) is 0 Å². The number of rotatable bonds is 7. The normalized spacial score (nSPS) is 20.5. The fraction of sp³-hybridized carbons (Fsp3) is 0.478. The molecule has 6 nitrogen and oxygen atoms in total. The molecule has 2 aromatic rings. The van der Waals surface area contributed by atoms with Gasteiger partial charge >= 0.3 is 5.97 Å². The van der Waals surface area contributed by atoms with E-state index < -0.39 is 15.8 Å². The zero-order valence-electron chi connectivity index (χ0n) is 17.7. The van der Waals surface area contributed by atoms with Crippen molar-refractivity contribution < 1.29 is 22.7 Å². The summed E-state index contributed by atoms with van der Waals surface area (Å²) in [7, 11) is -3.11. The van der Waals surface area contributed by atoms with Crippen molar-refractivity contribution in [2.75, 3.05) is 23.9 Å². The first-order chi connectivity index (χ1) is 15.3. The lowest BCUT2D eigenvalue weighted by Gasteiger charge is -2.33. The van der Waals surface area contributed by atoms with E-state index in [0.29, 0.717) is 11.4 Å². The third kappa shape index (κ3) is 5.41. The van der Waals surface area contributed by atoms with Gasteiger partial charge < -0.3 is 9.64 Å². The predicted molar refractivity (Wildman–Crippen MR) is 127 cm³/mol. The molecule has 2 aromatic carbocycles. The Kier molecular flexibility index (Phi) is 7.32. The van der Waals surface area contributed by atoms with Gasteiger partial charge in [-0.25, -0.2) is 8.42 Å². The standard InChI is InChI=1S/C23H26ClNO5S2/c24-19-9-3-5-16-6-4-10-20(23(16)19)31-14-22(27)30-13-21(26)25(17-7-1-2-8-17)18-11-12-32(28,29)15-18/h3-6,9-10,17-18H,1-2,7-8,11-15H2. The lowest BCUT2D eigenvalue weighted by atomic mass is 10.1. The summed E-state index contributed by atoms with van der Waals surface area (Å²) in [6, 6.07) is 11.1. The van der Waals surface area contributed by atoms with Gasteiger partial charge in [0.25, 0.3) is 5.91 Å². The molecule has 0 bridgehead atoms. The molecule has 4 rings (SSSR count). The first kappa shape index (κ1) is 23.4. The van der Waals surface area contributed by atoms with Gasteiger partial charge in [-0.05, 0) is 36.8 Å². The Morgan fingerprint density at radius 3 is 2.47 bits per heavy atom. The molecule has 32 heavy (non-hydrogen) atoms. The van der Waals surface area contributed by atoms with Crippen molar-refractivity contribution in [3.63, 3.8) is 0 Å². The van der Waals surface area contributed by atoms with Gasteiger partial charge in [-0.3, -0.25) is 9.59 Å². The van der Waals surface area contributed by atoms with Gasteiger partial charge in [0, 0.05) is 27.4 Å². The molecule has 1 saturated carbocycles. The molecular formula is C23H26ClNO5S2. The van der Waals surface area contributed by atoms with Crippen LogP contribution in [-0.4, -0.2) is 61.1 Å². The van der Waals surface area contributed by atoms with Gasteiger partial charge in [-0.15, -0.1) is 11.8 Å². The second-order valence-electron chi connectivity index (χ2n) is 8.34. The number of nitrogens with zero attached hydrogens (tertiary/aromatic N) is 1. The fourth-order valence-electron chi connectivity index (χ4n) is 4.66. The molecule has 1 saturated heterocycles. The monoisotopic (exact) mass is 495 g/mol. The lowest BCUT2D eigenvalue weighted by Crippen LogP contribution is -2.48. The van der Waals surface area contributed by atoms with E-state index in [9.17, 15) is 18.0 Å². The van der Waals surface area contributed by atoms with Crippen LogP contribution in [0.4, 0.5) is 0 Å². The highest BCUT2D eigenvalue weighted by Crippen LogP contribution is 2.33. The Hall–Kier alpha value is -1.77. The van der Waals surface area contributed by atoms with Gasteiger partial charge in [0.1, 0.15) is 0 Å². The summed E-state index contributed by atoms with van der Waals surface area (Å²) in [4.78, 5) is 27.9. The Morgan fingerprint density at radius 1 is 1.06 bits per heavy atom. The third-order valence-corrected chi connectivity index (χ3v) is 9.22. The number of carbonyl (C=O) groups excluding carboxylic acids is 2. The first-order valence-electron chi connectivity index (χ1n) is 10.8. The molecule has 0 aromatic heterocycles. The summed E-state index contributed by atoms with van der Waals surface area (Å²) in [5.41, 5.74) is 0. The highest BCUT2D eigenvalue weighted by atomic mass is 35.5. The van der Waals surface area contributed by atoms with Crippen molar-refractivity contribution in [1.29, 1.82) is 0 Å². The van der Waals surface area contributed by atoms with Crippen molar-refractivity contribution in [3.05, 3.63) is 41.4 Å². The van der Waals surface area contributed by atoms with Crippen molar-refractivity contribution in [2.24, 2.45) is 0 Å². The Bertz CT molecular complexity index is 1110. The molecule has 2 aliphatic rings. The molecule has 0 radical (unpaired) electrons. The van der Waals surface area contributed by atoms with Crippen LogP contribution in [-0.2, 0) is 24.2 Å². The van der Waals surface area contributed by atoms with Crippen molar-refractivity contribution in [3.8, 4) is 0 Å². The zero-order valence-corrected chi connectivity index (χ0v) is 20.1. The maximum atomic E-state index is 13.0. The number of benzene rings is 2. The molecule has 9 heteroatoms. The molecule has 172 valence electrons. The van der Waals surface area contributed by atoms with Gasteiger partial charge in [0.2, 0.25) is 0 Å². The van der Waals surface area contributed by atoms with E-state index in [1.165, 1.54) is 11.8 Å². The molecule has 1 heterocycles. The number of halogens is 1. The van der Waals surface area contributed by atoms with E-state index >= 15 is 0 Å². The summed E-state index contributed by atoms with van der Waals surface area (Å²) in [5, 5.41) is 2.50. The molecule has 0 N–H and O–H groups in total. The number of sulfone groups is 1. The smallest absolute Gasteiger partial charge is 0.316 e. The second kappa shape index (κ2) is 10.0. The number of ether oxygens (including phenoxy) is 1. The predicted octanol–water partition coefficient (Wildman–Crippen LogP) is 4.09. The minimum absolute atomic E-state index is 0.000872. The van der Waals surface area contributed by atoms with Gasteiger partial charge in [0.05, 0.1) is 17.3 Å². The fourth-order valence-corrected chi connectivity index (χ4v) is 7.61. The number of esters is 1. The van der Waals surface area contributed by atoms with E-state index in [2.05, 4.69) is 0 Å². The number of hydrogen-bond donors (Lipinski definition) is 0. The van der Waals surface area contributed by atoms with Crippen LogP contribution in [0, 0.1) is 0 Å². The molecule has 0 spiro atoms. The molecule has 1 aliphatic carbocycles. The Labute approximate surface area is 197 Å². The third-order valence-electron chi connectivity index (χ3n) is 6.13. The first-order valence-corrected chi connectivity index (χ1v) is 14.0. The average molecular weight is 496 g/mol. The highest BCUT2D eigenvalue weighted by molar-refractivity contribution is 8.00. The quantitative estimate of drug-likeness (QED) is 0.425. The number of fused-ring (bicyclic) bond motifs is 1. The van der Waals surface area contributed by atoms with Crippen LogP contribution in [0.15, 0.2) is 41.3 Å². The molecule has 1 atom stereocenters. The van der Waals surface area contributed by atoms with E-state index in [0.717, 1.165) is 41.4 Å². The number of carbonyl (C=O) groups is 2. The Morgan fingerprint density at radius 2 is 1.78 bits per heavy atom. The summed E-state index contributed by atoms with van der Waals surface area (Å²) >= 11 is 7.66. The van der Waals surface area contributed by atoms with Crippen molar-refractivity contribution in [2.45, 2.75) is 49.1 Å². The van der Waals surface area contributed by atoms with Crippen molar-refractivity contribution in [1.82, 2.24) is 4.90 Å². The zero-order chi connectivity index (χ0) is 22.7. The molecule has 1 amide bonds. The van der Waals surface area contributed by atoms with Crippen LogP contribution in [0.1, 0.15) is 32.1 Å². The van der Waals surface area contributed by atoms with E-state index in [4.69, 9.17) is 16.3 Å². The van der Waals surface area contributed by atoms with Gasteiger partial charge in [0.15, 0.2) is 16.4 Å². The molecule has 1 unspecified atom stereocenters. The lowest BCUT2D eigenvalue weighted by molar-refractivity contribution is -0.152. The SMILES string of the molecule is O=C(CSc1cccc2cccc(Cl)c12)OCC(=O)N(C1CCCC1)C1CCS(=O)(=O)C1. The minimum Gasteiger partial charge on any atom is -0.455 e. The largest absolute Gasteiger partial charge is 0.455 e. The molecular weight excluding hydrogens is 470 g/mol. The molecule has 2 fully saturated rings. The number of thioether (sulfide) groups is 1. The highest BCUT2D eigenvalue weighted by Gasteiger charge is 2.39. The van der Waals surface area contributed by atoms with Gasteiger partial charge in [-0.1, -0.05) is 48.7 Å². The van der Waals surface area contributed by atoms with Crippen LogP contribution in [0.25, 0.3) is 10.8 Å². The topological polar surface area (TPSA) is 80.8 Å². The number of amides is 1. The van der Waals surface area contributed by atoms with Crippen LogP contribution >= 0.6 is 23.4 Å². The van der Waals surface area contributed by atoms with E-state index in [1.807, 2.05) is 36.4 Å². The van der Waals surface area contributed by atoms with Crippen molar-refractivity contribution >= 4 is 55.8 Å². The van der Waals surface area contributed by atoms with E-state index in [-0.39, 0.29) is 41.9 Å². The maximum absolute atomic E-state index is 13.0. The van der Waals surface area contributed by atoms with Crippen LogP contribution in [0.5, 0.6) is 0 Å². The minimum atomic E-state index is -3.11. The molecule has 1 aliphatic heterocycles.